The Hall–Kier alpha value is -2.24. The molecule has 3 heterocycles. The lowest BCUT2D eigenvalue weighted by Crippen LogP contribution is -2.39. The van der Waals surface area contributed by atoms with E-state index in [2.05, 4.69) is 20.2 Å². The lowest BCUT2D eigenvalue weighted by atomic mass is 9.94. The van der Waals surface area contributed by atoms with Crippen molar-refractivity contribution >= 4 is 5.91 Å². The molecule has 1 atom stereocenters. The van der Waals surface area contributed by atoms with Gasteiger partial charge in [0.05, 0.1) is 11.8 Å². The van der Waals surface area contributed by atoms with Gasteiger partial charge in [0, 0.05) is 37.1 Å². The molecule has 3 rings (SSSR count). The van der Waals surface area contributed by atoms with Crippen molar-refractivity contribution in [2.45, 2.75) is 18.8 Å². The first kappa shape index (κ1) is 11.8. The summed E-state index contributed by atoms with van der Waals surface area (Å²) in [7, 11) is 0. The molecule has 0 saturated carbocycles. The van der Waals surface area contributed by atoms with Crippen molar-refractivity contribution < 1.29 is 4.79 Å². The van der Waals surface area contributed by atoms with Crippen LogP contribution in [0.4, 0.5) is 0 Å². The van der Waals surface area contributed by atoms with Crippen molar-refractivity contribution in [1.29, 1.82) is 0 Å². The Kier molecular flexibility index (Phi) is 3.22. The summed E-state index contributed by atoms with van der Waals surface area (Å²) in [6.45, 7) is 1.51. The third kappa shape index (κ3) is 2.47. The van der Waals surface area contributed by atoms with Gasteiger partial charge in [-0.3, -0.25) is 9.89 Å². The predicted molar refractivity (Wildman–Crippen MR) is 68.5 cm³/mol. The molecule has 2 aromatic rings. The third-order valence-corrected chi connectivity index (χ3v) is 3.48. The van der Waals surface area contributed by atoms with E-state index in [1.54, 1.807) is 24.9 Å². The van der Waals surface area contributed by atoms with Crippen molar-refractivity contribution in [3.8, 4) is 0 Å². The molecule has 1 amide bonds. The number of aromatic amines is 1. The number of aromatic nitrogens is 4. The van der Waals surface area contributed by atoms with Gasteiger partial charge in [0.25, 0.3) is 5.91 Å². The van der Waals surface area contributed by atoms with E-state index in [4.69, 9.17) is 0 Å². The van der Waals surface area contributed by atoms with Crippen LogP contribution in [-0.4, -0.2) is 44.1 Å². The highest BCUT2D eigenvalue weighted by atomic mass is 16.2. The second kappa shape index (κ2) is 5.17. The highest BCUT2D eigenvalue weighted by Gasteiger charge is 2.26. The molecular formula is C13H15N5O. The quantitative estimate of drug-likeness (QED) is 0.877. The van der Waals surface area contributed by atoms with E-state index in [0.717, 1.165) is 25.1 Å². The largest absolute Gasteiger partial charge is 0.338 e. The Morgan fingerprint density at radius 2 is 2.42 bits per heavy atom. The van der Waals surface area contributed by atoms with Crippen LogP contribution in [0.3, 0.4) is 0 Å². The summed E-state index contributed by atoms with van der Waals surface area (Å²) in [5, 5.41) is 6.50. The summed E-state index contributed by atoms with van der Waals surface area (Å²) >= 11 is 0. The molecule has 1 fully saturated rings. The molecule has 0 bridgehead atoms. The number of nitrogens with zero attached hydrogens (tertiary/aromatic N) is 4. The van der Waals surface area contributed by atoms with Gasteiger partial charge < -0.3 is 4.90 Å². The van der Waals surface area contributed by atoms with Gasteiger partial charge in [0.2, 0.25) is 0 Å². The van der Waals surface area contributed by atoms with Crippen LogP contribution in [0, 0.1) is 0 Å². The fraction of sp³-hybridized carbons (Fsp3) is 0.385. The van der Waals surface area contributed by atoms with Crippen LogP contribution >= 0.6 is 0 Å². The van der Waals surface area contributed by atoms with Crippen LogP contribution in [0.25, 0.3) is 0 Å². The lowest BCUT2D eigenvalue weighted by molar-refractivity contribution is 0.0706. The summed E-state index contributed by atoms with van der Waals surface area (Å²) in [5.74, 6) is 0.333. The second-order valence-electron chi connectivity index (χ2n) is 4.71. The van der Waals surface area contributed by atoms with E-state index >= 15 is 0 Å². The normalized spacial score (nSPS) is 19.4. The number of amides is 1. The number of carbonyl (C=O) groups excluding carboxylic acids is 1. The Morgan fingerprint density at radius 1 is 1.47 bits per heavy atom. The van der Waals surface area contributed by atoms with Gasteiger partial charge in [0.1, 0.15) is 6.33 Å². The molecule has 0 radical (unpaired) electrons. The maximum absolute atomic E-state index is 12.3. The van der Waals surface area contributed by atoms with Gasteiger partial charge in [0.15, 0.2) is 0 Å². The molecule has 0 aliphatic carbocycles. The molecule has 0 aromatic carbocycles. The maximum atomic E-state index is 12.3. The lowest BCUT2D eigenvalue weighted by Gasteiger charge is -2.32. The molecule has 0 unspecified atom stereocenters. The van der Waals surface area contributed by atoms with E-state index in [9.17, 15) is 4.79 Å². The number of likely N-dealkylation sites (tertiary alicyclic amines) is 1. The van der Waals surface area contributed by atoms with Crippen LogP contribution in [0.15, 0.2) is 31.0 Å². The van der Waals surface area contributed by atoms with Gasteiger partial charge in [-0.25, -0.2) is 9.97 Å². The first-order chi connectivity index (χ1) is 9.34. The minimum Gasteiger partial charge on any atom is -0.338 e. The Labute approximate surface area is 110 Å². The fourth-order valence-electron chi connectivity index (χ4n) is 2.50. The molecule has 98 valence electrons. The number of hydrogen-bond donors (Lipinski definition) is 1. The predicted octanol–water partition coefficient (Wildman–Crippen LogP) is 1.22. The van der Waals surface area contributed by atoms with Gasteiger partial charge in [-0.05, 0) is 18.9 Å². The highest BCUT2D eigenvalue weighted by Crippen LogP contribution is 2.25. The average Bonchev–Trinajstić information content (AvgIpc) is 3.02. The molecule has 6 heteroatoms. The van der Waals surface area contributed by atoms with Crippen LogP contribution in [0.1, 0.15) is 34.8 Å². The first-order valence-electron chi connectivity index (χ1n) is 6.38. The van der Waals surface area contributed by atoms with Gasteiger partial charge in [-0.2, -0.15) is 5.10 Å². The Bertz CT molecular complexity index is 539. The van der Waals surface area contributed by atoms with Crippen molar-refractivity contribution in [2.75, 3.05) is 13.1 Å². The van der Waals surface area contributed by atoms with Crippen molar-refractivity contribution in [3.63, 3.8) is 0 Å². The SMILES string of the molecule is O=C(c1cn[nH]c1)N1CCC[C@@H](c2ccncn2)C1. The summed E-state index contributed by atoms with van der Waals surface area (Å²) in [6.07, 6.45) is 8.57. The van der Waals surface area contributed by atoms with E-state index in [1.807, 2.05) is 11.0 Å². The smallest absolute Gasteiger partial charge is 0.257 e. The maximum Gasteiger partial charge on any atom is 0.257 e. The average molecular weight is 257 g/mol. The number of hydrogen-bond acceptors (Lipinski definition) is 4. The number of rotatable bonds is 2. The monoisotopic (exact) mass is 257 g/mol. The van der Waals surface area contributed by atoms with Gasteiger partial charge in [-0.1, -0.05) is 0 Å². The molecule has 6 nitrogen and oxygen atoms in total. The second-order valence-corrected chi connectivity index (χ2v) is 4.71. The standard InChI is InChI=1S/C13H15N5O/c19-13(11-6-16-17-7-11)18-5-1-2-10(8-18)12-3-4-14-9-15-12/h3-4,6-7,9-10H,1-2,5,8H2,(H,16,17)/t10-/m1/s1. The molecule has 2 aromatic heterocycles. The van der Waals surface area contributed by atoms with E-state index in [1.165, 1.54) is 0 Å². The third-order valence-electron chi connectivity index (χ3n) is 3.48. The highest BCUT2D eigenvalue weighted by molar-refractivity contribution is 5.93. The van der Waals surface area contributed by atoms with Gasteiger partial charge >= 0.3 is 0 Å². The molecule has 0 spiro atoms. The minimum atomic E-state index is 0.0347. The minimum absolute atomic E-state index is 0.0347. The zero-order valence-corrected chi connectivity index (χ0v) is 10.5. The molecular weight excluding hydrogens is 242 g/mol. The molecule has 1 saturated heterocycles. The van der Waals surface area contributed by atoms with Crippen LogP contribution in [-0.2, 0) is 0 Å². The molecule has 19 heavy (non-hydrogen) atoms. The van der Waals surface area contributed by atoms with Crippen molar-refractivity contribution in [2.24, 2.45) is 0 Å². The molecule has 1 N–H and O–H groups in total. The Morgan fingerprint density at radius 3 is 3.16 bits per heavy atom. The molecule has 1 aliphatic heterocycles. The van der Waals surface area contributed by atoms with E-state index in [0.29, 0.717) is 18.0 Å². The Balaban J connectivity index is 1.73. The fourth-order valence-corrected chi connectivity index (χ4v) is 2.50. The van der Waals surface area contributed by atoms with Crippen LogP contribution in [0.5, 0.6) is 0 Å². The number of piperidine rings is 1. The topological polar surface area (TPSA) is 74.8 Å². The number of carbonyl (C=O) groups is 1. The van der Waals surface area contributed by atoms with Crippen molar-refractivity contribution in [3.05, 3.63) is 42.2 Å². The number of nitrogens with one attached hydrogen (secondary N) is 1. The van der Waals surface area contributed by atoms with E-state index < -0.39 is 0 Å². The zero-order chi connectivity index (χ0) is 13.1. The first-order valence-corrected chi connectivity index (χ1v) is 6.38. The van der Waals surface area contributed by atoms with E-state index in [-0.39, 0.29) is 5.91 Å². The number of H-pyrrole nitrogens is 1. The zero-order valence-electron chi connectivity index (χ0n) is 10.5. The van der Waals surface area contributed by atoms with Gasteiger partial charge in [-0.15, -0.1) is 0 Å². The summed E-state index contributed by atoms with van der Waals surface area (Å²) in [5.41, 5.74) is 1.63. The summed E-state index contributed by atoms with van der Waals surface area (Å²) < 4.78 is 0. The van der Waals surface area contributed by atoms with Crippen LogP contribution < -0.4 is 0 Å². The summed E-state index contributed by atoms with van der Waals surface area (Å²) in [6, 6.07) is 1.93. The molecule has 1 aliphatic rings. The van der Waals surface area contributed by atoms with Crippen molar-refractivity contribution in [1.82, 2.24) is 25.1 Å². The van der Waals surface area contributed by atoms with Crippen LogP contribution in [0.2, 0.25) is 0 Å². The summed E-state index contributed by atoms with van der Waals surface area (Å²) in [4.78, 5) is 22.4.